The molecule has 9 heavy (non-hydrogen) atoms. The van der Waals surface area contributed by atoms with Crippen molar-refractivity contribution in [2.45, 2.75) is 12.8 Å². The molecule has 0 atom stereocenters. The number of nitrogens with two attached hydrogens (primary N) is 1. The Bertz CT molecular complexity index is 111. The lowest BCUT2D eigenvalue weighted by Crippen LogP contribution is -2.12. The fourth-order valence-electron chi connectivity index (χ4n) is 0.988. The van der Waals surface area contributed by atoms with E-state index in [2.05, 4.69) is 24.3 Å². The summed E-state index contributed by atoms with van der Waals surface area (Å²) in [5.74, 6) is 0.681. The summed E-state index contributed by atoms with van der Waals surface area (Å²) >= 11 is 0. The summed E-state index contributed by atoms with van der Waals surface area (Å²) in [5.41, 5.74) is 5.50. The molecule has 0 bridgehead atoms. The Labute approximate surface area is 56.2 Å². The average molecular weight is 123 g/mol. The zero-order chi connectivity index (χ0) is 6.53. The van der Waals surface area contributed by atoms with Gasteiger partial charge in [-0.1, -0.05) is 24.3 Å². The van der Waals surface area contributed by atoms with E-state index in [1.54, 1.807) is 0 Å². The summed E-state index contributed by atoms with van der Waals surface area (Å²) < 4.78 is 0. The molecule has 50 valence electrons. The number of hydrogen-bond acceptors (Lipinski definition) is 1. The summed E-state index contributed by atoms with van der Waals surface area (Å²) in [6.45, 7) is 0.814. The summed E-state index contributed by atoms with van der Waals surface area (Å²) in [7, 11) is 0. The van der Waals surface area contributed by atoms with Crippen molar-refractivity contribution in [3.63, 3.8) is 0 Å². The van der Waals surface area contributed by atoms with Crippen LogP contribution in [0, 0.1) is 5.92 Å². The molecule has 1 aliphatic rings. The third-order valence-corrected chi connectivity index (χ3v) is 1.66. The third-order valence-electron chi connectivity index (χ3n) is 1.66. The maximum Gasteiger partial charge on any atom is -0.00429 e. The average Bonchev–Trinajstić information content (AvgIpc) is 2.13. The van der Waals surface area contributed by atoms with E-state index >= 15 is 0 Å². The van der Waals surface area contributed by atoms with Gasteiger partial charge in [0.15, 0.2) is 0 Å². The van der Waals surface area contributed by atoms with Crippen molar-refractivity contribution in [2.75, 3.05) is 6.54 Å². The first-order valence-corrected chi connectivity index (χ1v) is 3.45. The van der Waals surface area contributed by atoms with E-state index in [0.29, 0.717) is 5.92 Å². The van der Waals surface area contributed by atoms with Crippen molar-refractivity contribution in [3.05, 3.63) is 24.3 Å². The molecule has 0 heterocycles. The lowest BCUT2D eigenvalue weighted by atomic mass is 10.0. The number of rotatable bonds is 1. The van der Waals surface area contributed by atoms with Gasteiger partial charge in [-0.2, -0.15) is 0 Å². The zero-order valence-electron chi connectivity index (χ0n) is 5.59. The molecule has 2 N–H and O–H groups in total. The monoisotopic (exact) mass is 123 g/mol. The molecular weight excluding hydrogens is 110 g/mol. The van der Waals surface area contributed by atoms with Gasteiger partial charge in [-0.3, -0.25) is 0 Å². The minimum atomic E-state index is 0.681. The highest BCUT2D eigenvalue weighted by atomic mass is 14.5. The Morgan fingerprint density at radius 1 is 1.22 bits per heavy atom. The molecule has 0 amide bonds. The molecule has 1 nitrogen and oxygen atoms in total. The summed E-state index contributed by atoms with van der Waals surface area (Å²) in [4.78, 5) is 0. The molecule has 0 aromatic rings. The van der Waals surface area contributed by atoms with Crippen LogP contribution in [0.3, 0.4) is 0 Å². The molecule has 0 unspecified atom stereocenters. The molecule has 0 fully saturated rings. The van der Waals surface area contributed by atoms with Crippen LogP contribution < -0.4 is 5.73 Å². The van der Waals surface area contributed by atoms with Crippen LogP contribution in [0.25, 0.3) is 0 Å². The predicted molar refractivity (Wildman–Crippen MR) is 40.1 cm³/mol. The molecular formula is C8H13N. The quantitative estimate of drug-likeness (QED) is 0.561. The number of hydrogen-bond donors (Lipinski definition) is 1. The Kier molecular flexibility index (Phi) is 2.52. The minimum absolute atomic E-state index is 0.681. The molecule has 1 rings (SSSR count). The van der Waals surface area contributed by atoms with Gasteiger partial charge in [0.2, 0.25) is 0 Å². The largest absolute Gasteiger partial charge is 0.330 e. The second-order valence-electron chi connectivity index (χ2n) is 2.43. The van der Waals surface area contributed by atoms with E-state index in [-0.39, 0.29) is 0 Å². The van der Waals surface area contributed by atoms with E-state index in [4.69, 9.17) is 5.73 Å². The van der Waals surface area contributed by atoms with Crippen LogP contribution in [-0.4, -0.2) is 6.54 Å². The maximum absolute atomic E-state index is 5.50. The van der Waals surface area contributed by atoms with Gasteiger partial charge in [0, 0.05) is 0 Å². The van der Waals surface area contributed by atoms with Gasteiger partial charge in [0.25, 0.3) is 0 Å². The van der Waals surface area contributed by atoms with E-state index in [1.165, 1.54) is 0 Å². The minimum Gasteiger partial charge on any atom is -0.330 e. The van der Waals surface area contributed by atoms with Gasteiger partial charge in [-0.15, -0.1) is 0 Å². The maximum atomic E-state index is 5.50. The Hall–Kier alpha value is -0.560. The Morgan fingerprint density at radius 2 is 1.78 bits per heavy atom. The standard InChI is InChI=1S/C8H13N/c9-7-8-5-3-1-2-4-6-8/h1-4,8H,5-7,9H2. The SMILES string of the molecule is NCC1CC=CC=CC1. The lowest BCUT2D eigenvalue weighted by Gasteiger charge is -2.06. The van der Waals surface area contributed by atoms with Crippen molar-refractivity contribution < 1.29 is 0 Å². The van der Waals surface area contributed by atoms with Crippen molar-refractivity contribution in [1.29, 1.82) is 0 Å². The fraction of sp³-hybridized carbons (Fsp3) is 0.500. The van der Waals surface area contributed by atoms with Gasteiger partial charge >= 0.3 is 0 Å². The van der Waals surface area contributed by atoms with E-state index < -0.39 is 0 Å². The van der Waals surface area contributed by atoms with Crippen LogP contribution >= 0.6 is 0 Å². The molecule has 0 aliphatic heterocycles. The van der Waals surface area contributed by atoms with Crippen LogP contribution in [0.1, 0.15) is 12.8 Å². The van der Waals surface area contributed by atoms with Gasteiger partial charge in [-0.25, -0.2) is 0 Å². The predicted octanol–water partition coefficient (Wildman–Crippen LogP) is 1.47. The highest BCUT2D eigenvalue weighted by Gasteiger charge is 2.01. The van der Waals surface area contributed by atoms with E-state index in [1.807, 2.05) is 0 Å². The van der Waals surface area contributed by atoms with E-state index in [9.17, 15) is 0 Å². The Morgan fingerprint density at radius 3 is 2.22 bits per heavy atom. The van der Waals surface area contributed by atoms with Gasteiger partial charge < -0.3 is 5.73 Å². The summed E-state index contributed by atoms with van der Waals surface area (Å²) in [6, 6.07) is 0. The second kappa shape index (κ2) is 3.46. The Balaban J connectivity index is 2.40. The first-order chi connectivity index (χ1) is 4.43. The smallest absolute Gasteiger partial charge is 0.00429 e. The highest BCUT2D eigenvalue weighted by molar-refractivity contribution is 5.06. The summed E-state index contributed by atoms with van der Waals surface area (Å²) in [6.07, 6.45) is 10.8. The van der Waals surface area contributed by atoms with Gasteiger partial charge in [0.1, 0.15) is 0 Å². The van der Waals surface area contributed by atoms with Crippen molar-refractivity contribution >= 4 is 0 Å². The topological polar surface area (TPSA) is 26.0 Å². The summed E-state index contributed by atoms with van der Waals surface area (Å²) in [5, 5.41) is 0. The van der Waals surface area contributed by atoms with Crippen LogP contribution in [0.2, 0.25) is 0 Å². The molecule has 0 radical (unpaired) electrons. The van der Waals surface area contributed by atoms with Crippen LogP contribution in [0.4, 0.5) is 0 Å². The zero-order valence-corrected chi connectivity index (χ0v) is 5.59. The van der Waals surface area contributed by atoms with E-state index in [0.717, 1.165) is 19.4 Å². The first-order valence-electron chi connectivity index (χ1n) is 3.45. The van der Waals surface area contributed by atoms with Crippen molar-refractivity contribution in [2.24, 2.45) is 11.7 Å². The third kappa shape index (κ3) is 2.02. The molecule has 1 heteroatoms. The van der Waals surface area contributed by atoms with Gasteiger partial charge in [-0.05, 0) is 25.3 Å². The molecule has 0 aromatic heterocycles. The fourth-order valence-corrected chi connectivity index (χ4v) is 0.988. The van der Waals surface area contributed by atoms with Crippen LogP contribution in [0.15, 0.2) is 24.3 Å². The van der Waals surface area contributed by atoms with Crippen LogP contribution in [-0.2, 0) is 0 Å². The first kappa shape index (κ1) is 6.56. The lowest BCUT2D eigenvalue weighted by molar-refractivity contribution is 0.558. The molecule has 0 aromatic carbocycles. The molecule has 1 aliphatic carbocycles. The van der Waals surface area contributed by atoms with Crippen molar-refractivity contribution in [1.82, 2.24) is 0 Å². The second-order valence-corrected chi connectivity index (χ2v) is 2.43. The molecule has 0 spiro atoms. The van der Waals surface area contributed by atoms with Gasteiger partial charge in [0.05, 0.1) is 0 Å². The highest BCUT2D eigenvalue weighted by Crippen LogP contribution is 2.11. The van der Waals surface area contributed by atoms with Crippen molar-refractivity contribution in [3.8, 4) is 0 Å². The molecule has 0 saturated carbocycles. The normalized spacial score (nSPS) is 20.1. The molecule has 0 saturated heterocycles. The number of allylic oxidation sites excluding steroid dienone is 4. The van der Waals surface area contributed by atoms with Crippen LogP contribution in [0.5, 0.6) is 0 Å².